The van der Waals surface area contributed by atoms with Crippen LogP contribution < -0.4 is 5.32 Å². The Morgan fingerprint density at radius 1 is 1.10 bits per heavy atom. The summed E-state index contributed by atoms with van der Waals surface area (Å²) in [6, 6.07) is 7.75. The van der Waals surface area contributed by atoms with Crippen molar-refractivity contribution >= 4 is 24.0 Å². The summed E-state index contributed by atoms with van der Waals surface area (Å²) >= 11 is 0. The van der Waals surface area contributed by atoms with E-state index in [4.69, 9.17) is 0 Å². The highest BCUT2D eigenvalue weighted by Gasteiger charge is 2.38. The van der Waals surface area contributed by atoms with Crippen LogP contribution in [0.5, 0.6) is 0 Å². The Morgan fingerprint density at radius 2 is 1.79 bits per heavy atom. The largest absolute Gasteiger partial charge is 0.435 e. The van der Waals surface area contributed by atoms with Crippen LogP contribution in [0.4, 0.5) is 23.2 Å². The van der Waals surface area contributed by atoms with E-state index < -0.39 is 23.6 Å². The normalized spacial score (nSPS) is 13.7. The summed E-state index contributed by atoms with van der Waals surface area (Å²) < 4.78 is 54.7. The summed E-state index contributed by atoms with van der Waals surface area (Å²) in [7, 11) is 0. The Kier molecular flexibility index (Phi) is 5.61. The van der Waals surface area contributed by atoms with Gasteiger partial charge in [0.2, 0.25) is 0 Å². The molecule has 4 rings (SSSR count). The fourth-order valence-electron chi connectivity index (χ4n) is 2.86. The maximum Gasteiger partial charge on any atom is 0.435 e. The van der Waals surface area contributed by atoms with Gasteiger partial charge in [-0.25, -0.2) is 9.07 Å². The smallest absolute Gasteiger partial charge is 0.322 e. The van der Waals surface area contributed by atoms with Crippen molar-refractivity contribution in [3.05, 3.63) is 71.6 Å². The molecule has 10 heteroatoms. The molecule has 0 radical (unpaired) electrons. The lowest BCUT2D eigenvalue weighted by molar-refractivity contribution is -0.141. The van der Waals surface area contributed by atoms with Crippen molar-refractivity contribution in [1.82, 2.24) is 14.8 Å². The molecule has 1 aliphatic carbocycles. The molecule has 1 aliphatic rings. The lowest BCUT2D eigenvalue weighted by Crippen LogP contribution is -2.13. The summed E-state index contributed by atoms with van der Waals surface area (Å²) in [6.07, 6.45) is -0.221. The van der Waals surface area contributed by atoms with Gasteiger partial charge in [-0.15, -0.1) is 12.4 Å². The van der Waals surface area contributed by atoms with E-state index in [0.717, 1.165) is 29.7 Å². The summed E-state index contributed by atoms with van der Waals surface area (Å²) in [4.78, 5) is 16.0. The van der Waals surface area contributed by atoms with E-state index >= 15 is 0 Å². The molecule has 0 atom stereocenters. The number of halogens is 5. The molecule has 2 heterocycles. The Bertz CT molecular complexity index is 1030. The molecule has 1 amide bonds. The minimum absolute atomic E-state index is 0. The number of hydrogen-bond acceptors (Lipinski definition) is 3. The molecule has 152 valence electrons. The van der Waals surface area contributed by atoms with Crippen molar-refractivity contribution < 1.29 is 22.4 Å². The van der Waals surface area contributed by atoms with Gasteiger partial charge in [0, 0.05) is 35.3 Å². The lowest BCUT2D eigenvalue weighted by Gasteiger charge is -2.10. The molecule has 1 fully saturated rings. The monoisotopic (exact) mass is 426 g/mol. The topological polar surface area (TPSA) is 59.8 Å². The summed E-state index contributed by atoms with van der Waals surface area (Å²) in [5.74, 6) is -1.30. The van der Waals surface area contributed by atoms with Gasteiger partial charge in [-0.1, -0.05) is 0 Å². The second-order valence-corrected chi connectivity index (χ2v) is 6.49. The van der Waals surface area contributed by atoms with Crippen molar-refractivity contribution in [3.8, 4) is 5.69 Å². The number of carbonyl (C=O) groups excluding carboxylic acids is 1. The number of alkyl halides is 3. The highest BCUT2D eigenvalue weighted by atomic mass is 35.5. The Hall–Kier alpha value is -2.94. The number of amides is 1. The van der Waals surface area contributed by atoms with Crippen LogP contribution >= 0.6 is 12.4 Å². The van der Waals surface area contributed by atoms with E-state index in [1.54, 1.807) is 0 Å². The van der Waals surface area contributed by atoms with Crippen molar-refractivity contribution in [1.29, 1.82) is 0 Å². The molecule has 0 aliphatic heterocycles. The number of hydrogen-bond donors (Lipinski definition) is 1. The number of benzene rings is 1. The Labute approximate surface area is 169 Å². The van der Waals surface area contributed by atoms with Gasteiger partial charge in [0.1, 0.15) is 5.69 Å². The minimum Gasteiger partial charge on any atom is -0.322 e. The molecule has 1 saturated carbocycles. The highest BCUT2D eigenvalue weighted by molar-refractivity contribution is 6.04. The molecular formula is C19H15ClF4N4O. The fourth-order valence-corrected chi connectivity index (χ4v) is 2.86. The summed E-state index contributed by atoms with van der Waals surface area (Å²) in [6.45, 7) is 0. The van der Waals surface area contributed by atoms with Crippen LogP contribution in [0, 0.1) is 5.82 Å². The number of rotatable bonds is 4. The maximum atomic E-state index is 14.7. The summed E-state index contributed by atoms with van der Waals surface area (Å²) in [5, 5.41) is 6.11. The van der Waals surface area contributed by atoms with Crippen LogP contribution in [0.1, 0.15) is 40.5 Å². The van der Waals surface area contributed by atoms with Crippen molar-refractivity contribution in [2.45, 2.75) is 24.9 Å². The maximum absolute atomic E-state index is 14.7. The van der Waals surface area contributed by atoms with Crippen LogP contribution in [0.15, 0.2) is 48.8 Å². The molecule has 0 unspecified atom stereocenters. The SMILES string of the molecule is Cl.O=C(Nc1ccc(-n2nc(C(F)(F)F)cc2C2CC2)c(F)c1)c1ccncc1. The zero-order chi connectivity index (χ0) is 19.9. The Morgan fingerprint density at radius 3 is 2.38 bits per heavy atom. The molecule has 3 aromatic rings. The van der Waals surface area contributed by atoms with Crippen molar-refractivity contribution in [2.24, 2.45) is 0 Å². The first-order chi connectivity index (χ1) is 13.3. The number of nitrogens with zero attached hydrogens (tertiary/aromatic N) is 3. The molecule has 5 nitrogen and oxygen atoms in total. The van der Waals surface area contributed by atoms with E-state index in [9.17, 15) is 22.4 Å². The van der Waals surface area contributed by atoms with Gasteiger partial charge in [-0.3, -0.25) is 9.78 Å². The van der Waals surface area contributed by atoms with Crippen molar-refractivity contribution in [2.75, 3.05) is 5.32 Å². The average Bonchev–Trinajstić information content (AvgIpc) is 3.40. The highest BCUT2D eigenvalue weighted by Crippen LogP contribution is 2.43. The standard InChI is InChI=1S/C19H14F4N4O.ClH/c20-14-9-13(25-18(28)12-5-7-24-8-6-12)3-4-15(14)27-16(11-1-2-11)10-17(26-27)19(21,22)23;/h3-11H,1-2H2,(H,25,28);1H. The second kappa shape index (κ2) is 7.82. The lowest BCUT2D eigenvalue weighted by atomic mass is 10.2. The first-order valence-corrected chi connectivity index (χ1v) is 8.51. The van der Waals surface area contributed by atoms with E-state index in [2.05, 4.69) is 15.4 Å². The van der Waals surface area contributed by atoms with E-state index in [-0.39, 0.29) is 29.7 Å². The van der Waals surface area contributed by atoms with Gasteiger partial charge >= 0.3 is 6.18 Å². The molecule has 2 aromatic heterocycles. The van der Waals surface area contributed by atoms with Gasteiger partial charge < -0.3 is 5.32 Å². The van der Waals surface area contributed by atoms with Crippen molar-refractivity contribution in [3.63, 3.8) is 0 Å². The second-order valence-electron chi connectivity index (χ2n) is 6.49. The van der Waals surface area contributed by atoms with Crippen LogP contribution in [0.2, 0.25) is 0 Å². The first-order valence-electron chi connectivity index (χ1n) is 8.51. The van der Waals surface area contributed by atoms with Gasteiger partial charge in [0.15, 0.2) is 11.5 Å². The van der Waals surface area contributed by atoms with Crippen LogP contribution in [0.25, 0.3) is 5.69 Å². The van der Waals surface area contributed by atoms with Gasteiger partial charge in [0.05, 0.1) is 0 Å². The predicted octanol–water partition coefficient (Wildman–Crippen LogP) is 4.98. The molecule has 0 bridgehead atoms. The van der Waals surface area contributed by atoms with E-state index in [1.165, 1.54) is 36.7 Å². The third-order valence-corrected chi connectivity index (χ3v) is 4.40. The zero-order valence-corrected chi connectivity index (χ0v) is 15.6. The number of pyridine rings is 1. The molecule has 1 N–H and O–H groups in total. The fraction of sp³-hybridized carbons (Fsp3) is 0.211. The Balaban J connectivity index is 0.00000240. The first kappa shape index (κ1) is 20.8. The number of carbonyl (C=O) groups is 1. The molecule has 0 spiro atoms. The summed E-state index contributed by atoms with van der Waals surface area (Å²) in [5.41, 5.74) is -0.292. The zero-order valence-electron chi connectivity index (χ0n) is 14.8. The van der Waals surface area contributed by atoms with Gasteiger partial charge in [0.25, 0.3) is 5.91 Å². The van der Waals surface area contributed by atoms with Crippen LogP contribution in [-0.2, 0) is 6.18 Å². The van der Waals surface area contributed by atoms with E-state index in [0.29, 0.717) is 11.3 Å². The van der Waals surface area contributed by atoms with Gasteiger partial charge in [-0.2, -0.15) is 18.3 Å². The minimum atomic E-state index is -4.61. The number of nitrogens with one attached hydrogen (secondary N) is 1. The number of aromatic nitrogens is 3. The average molecular weight is 427 g/mol. The number of anilines is 1. The van der Waals surface area contributed by atoms with E-state index in [1.807, 2.05) is 0 Å². The quantitative estimate of drug-likeness (QED) is 0.599. The van der Waals surface area contributed by atoms with Crippen LogP contribution in [-0.4, -0.2) is 20.7 Å². The van der Waals surface area contributed by atoms with Crippen LogP contribution in [0.3, 0.4) is 0 Å². The third-order valence-electron chi connectivity index (χ3n) is 4.40. The molecular weight excluding hydrogens is 412 g/mol. The predicted molar refractivity (Wildman–Crippen MR) is 99.9 cm³/mol. The molecule has 29 heavy (non-hydrogen) atoms. The molecule has 1 aromatic carbocycles. The third kappa shape index (κ3) is 4.40. The van der Waals surface area contributed by atoms with Gasteiger partial charge in [-0.05, 0) is 49.2 Å². The molecule has 0 saturated heterocycles.